The minimum absolute atomic E-state index is 0.0191. The molecule has 0 fully saturated rings. The van der Waals surface area contributed by atoms with E-state index < -0.39 is 5.97 Å². The molecule has 0 amide bonds. The van der Waals surface area contributed by atoms with Gasteiger partial charge in [0.2, 0.25) is 0 Å². The molecule has 3 heteroatoms. The van der Waals surface area contributed by atoms with E-state index in [4.69, 9.17) is 0 Å². The number of aromatic nitrogens is 1. The lowest BCUT2D eigenvalue weighted by atomic mass is 9.98. The molecule has 0 spiro atoms. The predicted molar refractivity (Wildman–Crippen MR) is 89.2 cm³/mol. The number of fused-ring (bicyclic) bond motifs is 1. The maximum absolute atomic E-state index is 11.2. The van der Waals surface area contributed by atoms with Gasteiger partial charge in [0.05, 0.1) is 12.1 Å². The van der Waals surface area contributed by atoms with Gasteiger partial charge in [0.15, 0.2) is 0 Å². The van der Waals surface area contributed by atoms with E-state index >= 15 is 0 Å². The molecule has 3 nitrogen and oxygen atoms in total. The van der Waals surface area contributed by atoms with Gasteiger partial charge in [0, 0.05) is 10.9 Å². The van der Waals surface area contributed by atoms with E-state index in [0.717, 1.165) is 27.7 Å². The van der Waals surface area contributed by atoms with E-state index in [0.29, 0.717) is 5.92 Å². The summed E-state index contributed by atoms with van der Waals surface area (Å²) in [4.78, 5) is 14.6. The van der Waals surface area contributed by atoms with Crippen LogP contribution >= 0.6 is 0 Å². The van der Waals surface area contributed by atoms with E-state index in [9.17, 15) is 9.90 Å². The molecule has 3 rings (SSSR count). The fourth-order valence-corrected chi connectivity index (χ4v) is 2.82. The Morgan fingerprint density at radius 3 is 2.41 bits per heavy atom. The molecule has 112 valence electrons. The van der Waals surface area contributed by atoms with Gasteiger partial charge >= 0.3 is 5.97 Å². The molecule has 22 heavy (non-hydrogen) atoms. The molecule has 1 heterocycles. The highest BCUT2D eigenvalue weighted by molar-refractivity contribution is 5.93. The Morgan fingerprint density at radius 2 is 1.77 bits per heavy atom. The van der Waals surface area contributed by atoms with Crippen molar-refractivity contribution in [3.05, 3.63) is 59.7 Å². The van der Waals surface area contributed by atoms with Gasteiger partial charge in [-0.3, -0.25) is 4.79 Å². The van der Waals surface area contributed by atoms with Crippen LogP contribution in [0.5, 0.6) is 0 Å². The van der Waals surface area contributed by atoms with Crippen molar-refractivity contribution in [2.24, 2.45) is 0 Å². The summed E-state index contributed by atoms with van der Waals surface area (Å²) in [5.41, 5.74) is 5.03. The predicted octanol–water partition coefficient (Wildman–Crippen LogP) is 4.59. The lowest BCUT2D eigenvalue weighted by Crippen LogP contribution is -2.01. The average Bonchev–Trinajstić information content (AvgIpc) is 2.86. The van der Waals surface area contributed by atoms with Gasteiger partial charge in [-0.1, -0.05) is 56.3 Å². The molecule has 0 saturated carbocycles. The third kappa shape index (κ3) is 2.62. The number of aromatic amines is 1. The Morgan fingerprint density at radius 1 is 1.09 bits per heavy atom. The first-order chi connectivity index (χ1) is 10.6. The molecule has 0 aliphatic heterocycles. The van der Waals surface area contributed by atoms with Crippen molar-refractivity contribution in [1.29, 1.82) is 0 Å². The zero-order chi connectivity index (χ0) is 15.7. The highest BCUT2D eigenvalue weighted by Gasteiger charge is 2.15. The van der Waals surface area contributed by atoms with E-state index in [1.54, 1.807) is 0 Å². The molecule has 0 aliphatic rings. The summed E-state index contributed by atoms with van der Waals surface area (Å²) >= 11 is 0. The standard InChI is InChI=1S/C19H19NO2/c1-12(2)13-7-9-14(10-8-13)19-16(11-18(21)22)15-5-3-4-6-17(15)20-19/h3-10,12,20H,11H2,1-2H3,(H,21,22). The number of H-pyrrole nitrogens is 1. The Hall–Kier alpha value is -2.55. The van der Waals surface area contributed by atoms with Crippen molar-refractivity contribution < 1.29 is 9.90 Å². The van der Waals surface area contributed by atoms with Crippen molar-refractivity contribution >= 4 is 16.9 Å². The number of rotatable bonds is 4. The summed E-state index contributed by atoms with van der Waals surface area (Å²) in [6.45, 7) is 4.32. The molecule has 3 aromatic rings. The van der Waals surface area contributed by atoms with Crippen molar-refractivity contribution in [3.63, 3.8) is 0 Å². The molecular weight excluding hydrogens is 274 g/mol. The average molecular weight is 293 g/mol. The Bertz CT molecular complexity index is 813. The normalized spacial score (nSPS) is 11.2. The second kappa shape index (κ2) is 5.68. The van der Waals surface area contributed by atoms with Crippen LogP contribution in [-0.4, -0.2) is 16.1 Å². The van der Waals surface area contributed by atoms with Crippen LogP contribution in [0.15, 0.2) is 48.5 Å². The van der Waals surface area contributed by atoms with E-state index in [2.05, 4.69) is 43.1 Å². The zero-order valence-electron chi connectivity index (χ0n) is 12.8. The second-order valence-corrected chi connectivity index (χ2v) is 5.87. The summed E-state index contributed by atoms with van der Waals surface area (Å²) in [5, 5.41) is 10.2. The van der Waals surface area contributed by atoms with Crippen molar-refractivity contribution in [2.45, 2.75) is 26.2 Å². The number of nitrogens with one attached hydrogen (secondary N) is 1. The molecule has 0 saturated heterocycles. The summed E-state index contributed by atoms with van der Waals surface area (Å²) in [6, 6.07) is 16.2. The largest absolute Gasteiger partial charge is 0.481 e. The van der Waals surface area contributed by atoms with Gasteiger partial charge < -0.3 is 10.1 Å². The number of aliphatic carboxylic acids is 1. The number of carboxylic acid groups (broad SMARTS) is 1. The highest BCUT2D eigenvalue weighted by Crippen LogP contribution is 2.31. The number of carboxylic acids is 1. The minimum Gasteiger partial charge on any atom is -0.481 e. The Balaban J connectivity index is 2.14. The summed E-state index contributed by atoms with van der Waals surface area (Å²) in [5.74, 6) is -0.333. The zero-order valence-corrected chi connectivity index (χ0v) is 12.8. The van der Waals surface area contributed by atoms with Crippen LogP contribution in [0.4, 0.5) is 0 Å². The Labute approximate surface area is 129 Å². The number of hydrogen-bond donors (Lipinski definition) is 2. The first-order valence-electron chi connectivity index (χ1n) is 7.48. The smallest absolute Gasteiger partial charge is 0.307 e. The van der Waals surface area contributed by atoms with E-state index in [-0.39, 0.29) is 6.42 Å². The third-order valence-corrected chi connectivity index (χ3v) is 4.01. The molecule has 0 unspecified atom stereocenters. The number of benzene rings is 2. The van der Waals surface area contributed by atoms with Gasteiger partial charge in [0.25, 0.3) is 0 Å². The van der Waals surface area contributed by atoms with Crippen molar-refractivity contribution in [2.75, 3.05) is 0 Å². The highest BCUT2D eigenvalue weighted by atomic mass is 16.4. The van der Waals surface area contributed by atoms with Crippen LogP contribution in [0, 0.1) is 0 Å². The van der Waals surface area contributed by atoms with Gasteiger partial charge in [0.1, 0.15) is 0 Å². The van der Waals surface area contributed by atoms with Crippen LogP contribution in [0.25, 0.3) is 22.2 Å². The minimum atomic E-state index is -0.815. The van der Waals surface area contributed by atoms with Crippen LogP contribution in [-0.2, 0) is 11.2 Å². The van der Waals surface area contributed by atoms with Crippen LogP contribution in [0.2, 0.25) is 0 Å². The monoisotopic (exact) mass is 293 g/mol. The maximum atomic E-state index is 11.2. The van der Waals surface area contributed by atoms with Gasteiger partial charge in [-0.25, -0.2) is 0 Å². The third-order valence-electron chi connectivity index (χ3n) is 4.01. The molecule has 0 atom stereocenters. The van der Waals surface area contributed by atoms with E-state index in [1.165, 1.54) is 5.56 Å². The fraction of sp³-hybridized carbons (Fsp3) is 0.211. The molecule has 0 aliphatic carbocycles. The molecule has 0 radical (unpaired) electrons. The quantitative estimate of drug-likeness (QED) is 0.739. The summed E-state index contributed by atoms with van der Waals surface area (Å²) < 4.78 is 0. The summed E-state index contributed by atoms with van der Waals surface area (Å²) in [6.07, 6.45) is 0.0191. The summed E-state index contributed by atoms with van der Waals surface area (Å²) in [7, 11) is 0. The lowest BCUT2D eigenvalue weighted by molar-refractivity contribution is -0.136. The van der Waals surface area contributed by atoms with Crippen LogP contribution in [0.1, 0.15) is 30.9 Å². The maximum Gasteiger partial charge on any atom is 0.307 e. The van der Waals surface area contributed by atoms with Crippen LogP contribution in [0.3, 0.4) is 0 Å². The van der Waals surface area contributed by atoms with Crippen molar-refractivity contribution in [3.8, 4) is 11.3 Å². The number of hydrogen-bond acceptors (Lipinski definition) is 1. The van der Waals surface area contributed by atoms with Gasteiger partial charge in [-0.2, -0.15) is 0 Å². The Kier molecular flexibility index (Phi) is 3.72. The molecule has 0 bridgehead atoms. The SMILES string of the molecule is CC(C)c1ccc(-c2[nH]c3ccccc3c2CC(=O)O)cc1. The first-order valence-corrected chi connectivity index (χ1v) is 7.48. The van der Waals surface area contributed by atoms with Gasteiger partial charge in [-0.05, 0) is 28.7 Å². The topological polar surface area (TPSA) is 53.1 Å². The van der Waals surface area contributed by atoms with Crippen molar-refractivity contribution in [1.82, 2.24) is 4.98 Å². The van der Waals surface area contributed by atoms with Gasteiger partial charge in [-0.15, -0.1) is 0 Å². The fourth-order valence-electron chi connectivity index (χ4n) is 2.82. The lowest BCUT2D eigenvalue weighted by Gasteiger charge is -2.07. The van der Waals surface area contributed by atoms with E-state index in [1.807, 2.05) is 24.3 Å². The molecular formula is C19H19NO2. The second-order valence-electron chi connectivity index (χ2n) is 5.87. The number of carbonyl (C=O) groups is 1. The van der Waals surface area contributed by atoms with Crippen LogP contribution < -0.4 is 0 Å². The molecule has 2 N–H and O–H groups in total. The first kappa shape index (κ1) is 14.4. The number of para-hydroxylation sites is 1. The molecule has 2 aromatic carbocycles. The molecule has 1 aromatic heterocycles.